The lowest BCUT2D eigenvalue weighted by Crippen LogP contribution is -2.47. The van der Waals surface area contributed by atoms with E-state index in [4.69, 9.17) is 4.74 Å². The molecule has 8 nitrogen and oxygen atoms in total. The molecule has 1 unspecified atom stereocenters. The van der Waals surface area contributed by atoms with Gasteiger partial charge in [-0.15, -0.1) is 0 Å². The smallest absolute Gasteiger partial charge is 0.416 e. The van der Waals surface area contributed by atoms with Gasteiger partial charge in [-0.3, -0.25) is 14.6 Å². The molecule has 5 rings (SSSR count). The van der Waals surface area contributed by atoms with E-state index in [1.165, 1.54) is 11.3 Å². The van der Waals surface area contributed by atoms with E-state index in [0.717, 1.165) is 68.3 Å². The van der Waals surface area contributed by atoms with Crippen LogP contribution in [0.5, 0.6) is 0 Å². The molecule has 2 saturated heterocycles. The average molecular weight is 621 g/mol. The SMILES string of the molecule is CCOC(=O)CCN1CCN(c2ccnc(Nc3nc(-c4cc(F)cc(C(F)(F)F)c4)c(CN4CCCC4C)s3)c2)CC1. The third-order valence-corrected chi connectivity index (χ3v) is 8.84. The molecule has 0 bridgehead atoms. The summed E-state index contributed by atoms with van der Waals surface area (Å²) in [6.07, 6.45) is -0.496. The number of hydrogen-bond donors (Lipinski definition) is 1. The maximum Gasteiger partial charge on any atom is 0.416 e. The van der Waals surface area contributed by atoms with Gasteiger partial charge in [0.2, 0.25) is 0 Å². The van der Waals surface area contributed by atoms with Gasteiger partial charge in [-0.1, -0.05) is 11.3 Å². The molecular formula is C30H36F4N6O2S. The zero-order valence-corrected chi connectivity index (χ0v) is 25.1. The van der Waals surface area contributed by atoms with E-state index in [-0.39, 0.29) is 11.5 Å². The van der Waals surface area contributed by atoms with Crippen molar-refractivity contribution in [3.8, 4) is 11.3 Å². The van der Waals surface area contributed by atoms with E-state index in [1.54, 1.807) is 13.1 Å². The van der Waals surface area contributed by atoms with Crippen LogP contribution < -0.4 is 10.2 Å². The Balaban J connectivity index is 1.32. The summed E-state index contributed by atoms with van der Waals surface area (Å²) in [5.74, 6) is -0.585. The Bertz CT molecular complexity index is 1410. The van der Waals surface area contributed by atoms with Gasteiger partial charge in [-0.05, 0) is 57.5 Å². The van der Waals surface area contributed by atoms with Gasteiger partial charge in [0, 0.05) is 73.7 Å². The average Bonchev–Trinajstić information content (AvgIpc) is 3.57. The van der Waals surface area contributed by atoms with Crippen molar-refractivity contribution in [3.63, 3.8) is 0 Å². The highest BCUT2D eigenvalue weighted by Gasteiger charge is 2.32. The Morgan fingerprint density at radius 2 is 1.93 bits per heavy atom. The molecule has 0 aliphatic carbocycles. The Labute approximate surface area is 252 Å². The Kier molecular flexibility index (Phi) is 9.82. The molecule has 0 amide bonds. The molecule has 3 aromatic rings. The summed E-state index contributed by atoms with van der Waals surface area (Å²) in [6, 6.07) is 6.76. The van der Waals surface area contributed by atoms with E-state index in [2.05, 4.69) is 36.9 Å². The topological polar surface area (TPSA) is 73.8 Å². The summed E-state index contributed by atoms with van der Waals surface area (Å²) in [5.41, 5.74) is 0.374. The molecule has 43 heavy (non-hydrogen) atoms. The molecule has 1 atom stereocenters. The van der Waals surface area contributed by atoms with Crippen molar-refractivity contribution in [2.75, 3.05) is 56.1 Å². The second-order valence-corrected chi connectivity index (χ2v) is 12.0. The Morgan fingerprint density at radius 1 is 1.14 bits per heavy atom. The van der Waals surface area contributed by atoms with Crippen LogP contribution in [0.2, 0.25) is 0 Å². The minimum Gasteiger partial charge on any atom is -0.466 e. The fourth-order valence-corrected chi connectivity index (χ4v) is 6.56. The molecule has 13 heteroatoms. The molecular weight excluding hydrogens is 584 g/mol. The van der Waals surface area contributed by atoms with Gasteiger partial charge in [0.25, 0.3) is 0 Å². The van der Waals surface area contributed by atoms with Crippen molar-refractivity contribution >= 4 is 33.9 Å². The number of piperazine rings is 1. The summed E-state index contributed by atoms with van der Waals surface area (Å²) < 4.78 is 59.9. The van der Waals surface area contributed by atoms with Crippen molar-refractivity contribution in [3.05, 3.63) is 52.8 Å². The Hall–Kier alpha value is -3.29. The number of nitrogens with one attached hydrogen (secondary N) is 1. The number of hydrogen-bond acceptors (Lipinski definition) is 9. The number of carbonyl (C=O) groups excluding carboxylic acids is 1. The molecule has 2 fully saturated rings. The third-order valence-electron chi connectivity index (χ3n) is 7.89. The maximum absolute atomic E-state index is 14.4. The van der Waals surface area contributed by atoms with Crippen LogP contribution in [-0.2, 0) is 22.3 Å². The standard InChI is InChI=1S/C30H36F4N6O2S/c1-3-42-27(41)7-10-38-11-13-39(14-12-38)24-6-8-35-26(18-24)36-29-37-28(25(43-29)19-40-9-4-5-20(40)2)21-15-22(30(32,33)34)17-23(31)16-21/h6,8,15-18,20H,3-5,7,9-14,19H2,1-2H3,(H,35,36,37). The molecule has 2 aliphatic heterocycles. The van der Waals surface area contributed by atoms with Gasteiger partial charge < -0.3 is 15.0 Å². The van der Waals surface area contributed by atoms with Gasteiger partial charge in [-0.25, -0.2) is 14.4 Å². The molecule has 2 aliphatic rings. The molecule has 1 N–H and O–H groups in total. The number of carbonyl (C=O) groups is 1. The first-order chi connectivity index (χ1) is 20.6. The number of esters is 1. The van der Waals surface area contributed by atoms with Crippen molar-refractivity contribution in [1.82, 2.24) is 19.8 Å². The first kappa shape index (κ1) is 31.1. The highest BCUT2D eigenvalue weighted by molar-refractivity contribution is 7.16. The number of likely N-dealkylation sites (tertiary alicyclic amines) is 1. The number of rotatable bonds is 10. The number of ether oxygens (including phenoxy) is 1. The zero-order chi connectivity index (χ0) is 30.6. The van der Waals surface area contributed by atoms with Crippen LogP contribution in [0, 0.1) is 5.82 Å². The molecule has 0 spiro atoms. The van der Waals surface area contributed by atoms with E-state index >= 15 is 0 Å². The predicted molar refractivity (Wildman–Crippen MR) is 159 cm³/mol. The third kappa shape index (κ3) is 8.01. The summed E-state index contributed by atoms with van der Waals surface area (Å²) in [5, 5.41) is 3.71. The number of pyridine rings is 1. The van der Waals surface area contributed by atoms with E-state index < -0.39 is 17.6 Å². The quantitative estimate of drug-likeness (QED) is 0.213. The minimum atomic E-state index is -4.67. The van der Waals surface area contributed by atoms with Crippen LogP contribution in [0.15, 0.2) is 36.5 Å². The molecule has 232 valence electrons. The number of nitrogens with zero attached hydrogens (tertiary/aromatic N) is 5. The largest absolute Gasteiger partial charge is 0.466 e. The highest BCUT2D eigenvalue weighted by Crippen LogP contribution is 2.38. The first-order valence-corrected chi connectivity index (χ1v) is 15.4. The van der Waals surface area contributed by atoms with Gasteiger partial charge in [0.05, 0.1) is 24.3 Å². The first-order valence-electron chi connectivity index (χ1n) is 14.6. The lowest BCUT2D eigenvalue weighted by atomic mass is 10.1. The number of anilines is 3. The fraction of sp³-hybridized carbons (Fsp3) is 0.500. The fourth-order valence-electron chi connectivity index (χ4n) is 5.55. The van der Waals surface area contributed by atoms with Crippen molar-refractivity contribution in [1.29, 1.82) is 0 Å². The van der Waals surface area contributed by atoms with Gasteiger partial charge in [0.1, 0.15) is 11.6 Å². The second kappa shape index (κ2) is 13.6. The molecule has 0 radical (unpaired) electrons. The second-order valence-electron chi connectivity index (χ2n) is 10.9. The number of alkyl halides is 3. The van der Waals surface area contributed by atoms with Crippen molar-refractivity contribution < 1.29 is 27.1 Å². The molecule has 1 aromatic carbocycles. The monoisotopic (exact) mass is 620 g/mol. The van der Waals surface area contributed by atoms with E-state index in [1.807, 2.05) is 12.1 Å². The number of halogens is 4. The summed E-state index contributed by atoms with van der Waals surface area (Å²) in [6.45, 7) is 9.57. The normalized spacial score (nSPS) is 18.3. The minimum absolute atomic E-state index is 0.0982. The van der Waals surface area contributed by atoms with Crippen LogP contribution in [0.25, 0.3) is 11.3 Å². The zero-order valence-electron chi connectivity index (χ0n) is 24.3. The van der Waals surface area contributed by atoms with Crippen LogP contribution in [0.4, 0.5) is 34.2 Å². The summed E-state index contributed by atoms with van der Waals surface area (Å²) in [7, 11) is 0. The van der Waals surface area contributed by atoms with Gasteiger partial charge in [0.15, 0.2) is 5.13 Å². The lowest BCUT2D eigenvalue weighted by Gasteiger charge is -2.36. The number of aromatic nitrogens is 2. The molecule has 4 heterocycles. The molecule has 0 saturated carbocycles. The Morgan fingerprint density at radius 3 is 2.63 bits per heavy atom. The highest BCUT2D eigenvalue weighted by atomic mass is 32.1. The lowest BCUT2D eigenvalue weighted by molar-refractivity contribution is -0.143. The summed E-state index contributed by atoms with van der Waals surface area (Å²) in [4.78, 5) is 28.3. The van der Waals surface area contributed by atoms with Crippen LogP contribution in [0.3, 0.4) is 0 Å². The van der Waals surface area contributed by atoms with E-state index in [9.17, 15) is 22.4 Å². The maximum atomic E-state index is 14.4. The van der Waals surface area contributed by atoms with Crippen LogP contribution in [0.1, 0.15) is 43.6 Å². The number of benzene rings is 1. The van der Waals surface area contributed by atoms with Gasteiger partial charge >= 0.3 is 12.1 Å². The van der Waals surface area contributed by atoms with E-state index in [0.29, 0.717) is 54.9 Å². The van der Waals surface area contributed by atoms with Crippen molar-refractivity contribution in [2.45, 2.75) is 51.9 Å². The summed E-state index contributed by atoms with van der Waals surface area (Å²) >= 11 is 1.34. The van der Waals surface area contributed by atoms with Crippen molar-refractivity contribution in [2.24, 2.45) is 0 Å². The predicted octanol–water partition coefficient (Wildman–Crippen LogP) is 6.17. The number of thiazole rings is 1. The molecule has 2 aromatic heterocycles. The van der Waals surface area contributed by atoms with Crippen LogP contribution >= 0.6 is 11.3 Å². The van der Waals surface area contributed by atoms with Crippen LogP contribution in [-0.4, -0.2) is 77.7 Å². The van der Waals surface area contributed by atoms with Gasteiger partial charge in [-0.2, -0.15) is 13.2 Å².